The van der Waals surface area contributed by atoms with Crippen LogP contribution in [0.5, 0.6) is 5.75 Å². The first kappa shape index (κ1) is 12.6. The third-order valence-electron chi connectivity index (χ3n) is 2.50. The Hall–Kier alpha value is -0.383. The minimum absolute atomic E-state index is 0. The van der Waals surface area contributed by atoms with E-state index in [4.69, 9.17) is 0 Å². The molecule has 0 heterocycles. The summed E-state index contributed by atoms with van der Waals surface area (Å²) in [6.45, 7) is 6.31. The average molecular weight is 170 g/mol. The minimum atomic E-state index is 0. The van der Waals surface area contributed by atoms with Gasteiger partial charge in [0.15, 0.2) is 0 Å². The average Bonchev–Trinajstić information content (AvgIpc) is 2.05. The van der Waals surface area contributed by atoms with Crippen molar-refractivity contribution in [2.75, 3.05) is 0 Å². The summed E-state index contributed by atoms with van der Waals surface area (Å²) in [6, 6.07) is 7.27. The van der Waals surface area contributed by atoms with Gasteiger partial charge in [0.1, 0.15) is 0 Å². The fraction of sp³-hybridized carbons (Fsp3) is 0.455. The van der Waals surface area contributed by atoms with Crippen LogP contribution in [0.3, 0.4) is 0 Å². The zero-order chi connectivity index (χ0) is 9.19. The molecule has 0 unspecified atom stereocenters. The molecule has 1 aromatic carbocycles. The van der Waals surface area contributed by atoms with Gasteiger partial charge in [-0.05, 0) is 11.8 Å². The van der Waals surface area contributed by atoms with E-state index >= 15 is 0 Å². The van der Waals surface area contributed by atoms with E-state index in [0.29, 0.717) is 0 Å². The van der Waals surface area contributed by atoms with E-state index in [9.17, 15) is 5.11 Å². The van der Waals surface area contributed by atoms with Crippen LogP contribution in [0.1, 0.15) is 32.8 Å². The number of hydrogen-bond acceptors (Lipinski definition) is 1. The van der Waals surface area contributed by atoms with Gasteiger partial charge in [0.05, 0.1) is 0 Å². The van der Waals surface area contributed by atoms with E-state index in [-0.39, 0.29) is 30.0 Å². The molecule has 0 N–H and O–H groups in total. The van der Waals surface area contributed by atoms with Crippen LogP contribution in [0.4, 0.5) is 0 Å². The zero-order valence-corrected chi connectivity index (χ0v) is 8.92. The van der Waals surface area contributed by atoms with Crippen LogP contribution in [-0.4, -0.2) is 0 Å². The molecule has 0 aliphatic rings. The van der Waals surface area contributed by atoms with Crippen LogP contribution in [0.25, 0.3) is 0 Å². The van der Waals surface area contributed by atoms with Crippen molar-refractivity contribution in [1.29, 1.82) is 0 Å². The summed E-state index contributed by atoms with van der Waals surface area (Å²) >= 11 is 0. The summed E-state index contributed by atoms with van der Waals surface area (Å²) in [4.78, 5) is 0. The van der Waals surface area contributed by atoms with Crippen LogP contribution in [0.2, 0.25) is 0 Å². The number of benzene rings is 1. The molecule has 0 amide bonds. The molecule has 1 rings (SSSR count). The largest absolute Gasteiger partial charge is 1.00 e. The first-order valence-corrected chi connectivity index (χ1v) is 4.34. The van der Waals surface area contributed by atoms with Crippen molar-refractivity contribution < 1.29 is 24.0 Å². The molecule has 1 aromatic rings. The Morgan fingerprint density at radius 1 is 1.23 bits per heavy atom. The van der Waals surface area contributed by atoms with Crippen LogP contribution in [0, 0.1) is 0 Å². The van der Waals surface area contributed by atoms with Gasteiger partial charge >= 0.3 is 18.9 Å². The summed E-state index contributed by atoms with van der Waals surface area (Å²) in [5.41, 5.74) is 0.936. The fourth-order valence-corrected chi connectivity index (χ4v) is 1.22. The fourth-order valence-electron chi connectivity index (χ4n) is 1.22. The van der Waals surface area contributed by atoms with Crippen molar-refractivity contribution in [2.45, 2.75) is 32.6 Å². The van der Waals surface area contributed by atoms with Gasteiger partial charge < -0.3 is 5.11 Å². The number of hydrogen-bond donors (Lipinski definition) is 0. The van der Waals surface area contributed by atoms with Crippen LogP contribution in [0.15, 0.2) is 24.3 Å². The maximum absolute atomic E-state index is 11.4. The Balaban J connectivity index is 0.00000144. The summed E-state index contributed by atoms with van der Waals surface area (Å²) in [7, 11) is 0. The molecule has 0 atom stereocenters. The van der Waals surface area contributed by atoms with Crippen LogP contribution >= 0.6 is 0 Å². The van der Waals surface area contributed by atoms with Crippen LogP contribution < -0.4 is 24.0 Å². The minimum Gasteiger partial charge on any atom is -0.872 e. The van der Waals surface area contributed by atoms with Crippen molar-refractivity contribution in [3.8, 4) is 5.75 Å². The molecule has 13 heavy (non-hydrogen) atoms. The molecule has 0 aliphatic heterocycles. The summed E-state index contributed by atoms with van der Waals surface area (Å²) < 4.78 is 0. The molecule has 0 saturated carbocycles. The molecule has 0 radical (unpaired) electrons. The van der Waals surface area contributed by atoms with Gasteiger partial charge in [-0.1, -0.05) is 50.6 Å². The van der Waals surface area contributed by atoms with E-state index in [1.165, 1.54) is 0 Å². The van der Waals surface area contributed by atoms with Gasteiger partial charge in [-0.3, -0.25) is 0 Å². The number of rotatable bonds is 2. The molecule has 0 saturated heterocycles. The number of para-hydroxylation sites is 1. The van der Waals surface area contributed by atoms with Gasteiger partial charge in [-0.15, -0.1) is 5.75 Å². The Labute approximate surface area is 92.3 Å². The molecule has 0 fully saturated rings. The predicted octanol–water partition coefficient (Wildman–Crippen LogP) is -0.548. The third-order valence-corrected chi connectivity index (χ3v) is 2.50. The van der Waals surface area contributed by atoms with Gasteiger partial charge in [0.2, 0.25) is 0 Å². The molecule has 0 spiro atoms. The molecule has 0 aliphatic carbocycles. The van der Waals surface area contributed by atoms with E-state index in [0.717, 1.165) is 12.0 Å². The molecule has 66 valence electrons. The zero-order valence-electron chi connectivity index (χ0n) is 8.92. The van der Waals surface area contributed by atoms with Crippen molar-refractivity contribution in [2.24, 2.45) is 0 Å². The Kier molecular flexibility index (Phi) is 4.60. The maximum atomic E-state index is 11.4. The first-order valence-electron chi connectivity index (χ1n) is 4.34. The van der Waals surface area contributed by atoms with E-state index < -0.39 is 0 Å². The third kappa shape index (κ3) is 2.79. The second-order valence-corrected chi connectivity index (χ2v) is 3.73. The standard InChI is InChI=1S/C11H16O.Li/c1-4-11(2,3)9-7-5-6-8-10(9)12;/h5-8,12H,4H2,1-3H3;/q;+1/p-1. The normalized spacial score (nSPS) is 10.7. The van der Waals surface area contributed by atoms with Crippen LogP contribution in [-0.2, 0) is 5.41 Å². The second-order valence-electron chi connectivity index (χ2n) is 3.73. The second kappa shape index (κ2) is 4.74. The quantitative estimate of drug-likeness (QED) is 0.546. The molecule has 0 bridgehead atoms. The van der Waals surface area contributed by atoms with E-state index in [1.807, 2.05) is 12.1 Å². The molecular weight excluding hydrogens is 155 g/mol. The molecule has 1 nitrogen and oxygen atoms in total. The summed E-state index contributed by atoms with van der Waals surface area (Å²) in [5, 5.41) is 11.4. The predicted molar refractivity (Wildman–Crippen MR) is 49.2 cm³/mol. The van der Waals surface area contributed by atoms with Gasteiger partial charge in [0, 0.05) is 0 Å². The summed E-state index contributed by atoms with van der Waals surface area (Å²) in [5.74, 6) is 0.157. The van der Waals surface area contributed by atoms with Gasteiger partial charge in [-0.25, -0.2) is 0 Å². The van der Waals surface area contributed by atoms with Gasteiger partial charge in [-0.2, -0.15) is 0 Å². The van der Waals surface area contributed by atoms with E-state index in [1.54, 1.807) is 12.1 Å². The first-order chi connectivity index (χ1) is 5.58. The van der Waals surface area contributed by atoms with E-state index in [2.05, 4.69) is 20.8 Å². The Bertz CT molecular complexity index is 269. The Morgan fingerprint density at radius 3 is 2.23 bits per heavy atom. The summed E-state index contributed by atoms with van der Waals surface area (Å²) in [6.07, 6.45) is 0.992. The van der Waals surface area contributed by atoms with Gasteiger partial charge in [0.25, 0.3) is 0 Å². The topological polar surface area (TPSA) is 23.1 Å². The smallest absolute Gasteiger partial charge is 0.872 e. The van der Waals surface area contributed by atoms with Crippen molar-refractivity contribution >= 4 is 0 Å². The molecular formula is C11H15LiO. The van der Waals surface area contributed by atoms with Crippen molar-refractivity contribution in [1.82, 2.24) is 0 Å². The SMILES string of the molecule is CCC(C)(C)c1ccccc1[O-].[Li+]. The maximum Gasteiger partial charge on any atom is 1.00 e. The monoisotopic (exact) mass is 170 g/mol. The Morgan fingerprint density at radius 2 is 1.77 bits per heavy atom. The molecule has 0 aromatic heterocycles. The van der Waals surface area contributed by atoms with Crippen molar-refractivity contribution in [3.05, 3.63) is 29.8 Å². The molecule has 2 heteroatoms. The van der Waals surface area contributed by atoms with Crippen molar-refractivity contribution in [3.63, 3.8) is 0 Å².